The zero-order valence-corrected chi connectivity index (χ0v) is 12.3. The topological polar surface area (TPSA) is 30.5 Å². The van der Waals surface area contributed by atoms with E-state index in [0.717, 1.165) is 30.6 Å². The van der Waals surface area contributed by atoms with E-state index >= 15 is 0 Å². The highest BCUT2D eigenvalue weighted by Gasteiger charge is 2.38. The predicted molar refractivity (Wildman–Crippen MR) is 76.0 cm³/mol. The molecule has 1 saturated heterocycles. The van der Waals surface area contributed by atoms with Crippen LogP contribution in [-0.2, 0) is 14.9 Å². The first-order valence-electron chi connectivity index (χ1n) is 6.30. The Balaban J connectivity index is 1.88. The van der Waals surface area contributed by atoms with E-state index in [1.165, 1.54) is 5.56 Å². The van der Waals surface area contributed by atoms with Crippen LogP contribution in [0.15, 0.2) is 28.7 Å². The number of methoxy groups -OCH3 is 1. The molecule has 0 bridgehead atoms. The maximum absolute atomic E-state index is 5.59. The summed E-state index contributed by atoms with van der Waals surface area (Å²) in [7, 11) is 1.70. The van der Waals surface area contributed by atoms with Crippen molar-refractivity contribution in [3.05, 3.63) is 34.3 Å². The van der Waals surface area contributed by atoms with Crippen molar-refractivity contribution in [3.8, 4) is 0 Å². The van der Waals surface area contributed by atoms with Crippen molar-refractivity contribution in [2.24, 2.45) is 0 Å². The minimum Gasteiger partial charge on any atom is -0.382 e. The van der Waals surface area contributed by atoms with Gasteiger partial charge >= 0.3 is 0 Å². The van der Waals surface area contributed by atoms with Crippen molar-refractivity contribution >= 4 is 15.9 Å². The molecule has 4 heteroatoms. The Morgan fingerprint density at radius 3 is 2.44 bits per heavy atom. The zero-order valence-electron chi connectivity index (χ0n) is 10.7. The molecular weight excluding hydrogens is 294 g/mol. The molecule has 2 rings (SSSR count). The van der Waals surface area contributed by atoms with Crippen LogP contribution in [0, 0.1) is 0 Å². The maximum Gasteiger partial charge on any atom is 0.0700 e. The molecule has 18 heavy (non-hydrogen) atoms. The van der Waals surface area contributed by atoms with E-state index < -0.39 is 0 Å². The van der Waals surface area contributed by atoms with Crippen LogP contribution in [0.3, 0.4) is 0 Å². The van der Waals surface area contributed by atoms with Crippen molar-refractivity contribution in [1.82, 2.24) is 5.32 Å². The van der Waals surface area contributed by atoms with Crippen molar-refractivity contribution in [2.75, 3.05) is 40.0 Å². The molecule has 0 aromatic heterocycles. The third-order valence-electron chi connectivity index (χ3n) is 3.54. The molecule has 1 aromatic carbocycles. The molecule has 0 atom stereocenters. The summed E-state index contributed by atoms with van der Waals surface area (Å²) in [6, 6.07) is 8.64. The van der Waals surface area contributed by atoms with Gasteiger partial charge in [-0.1, -0.05) is 28.1 Å². The number of nitrogens with one attached hydrogen (secondary N) is 1. The number of benzene rings is 1. The number of ether oxygens (including phenoxy) is 2. The smallest absolute Gasteiger partial charge is 0.0700 e. The molecule has 0 saturated carbocycles. The van der Waals surface area contributed by atoms with Crippen molar-refractivity contribution < 1.29 is 9.47 Å². The van der Waals surface area contributed by atoms with Crippen molar-refractivity contribution in [2.45, 2.75) is 11.8 Å². The summed E-state index contributed by atoms with van der Waals surface area (Å²) in [5.74, 6) is 0. The molecular formula is C14H20BrNO2. The van der Waals surface area contributed by atoms with Crippen LogP contribution in [0.2, 0.25) is 0 Å². The van der Waals surface area contributed by atoms with E-state index in [9.17, 15) is 0 Å². The molecule has 1 aliphatic rings. The predicted octanol–water partition coefficient (Wildman–Crippen LogP) is 2.34. The van der Waals surface area contributed by atoms with Gasteiger partial charge in [0.1, 0.15) is 0 Å². The van der Waals surface area contributed by atoms with Crippen molar-refractivity contribution in [3.63, 3.8) is 0 Å². The van der Waals surface area contributed by atoms with Crippen LogP contribution >= 0.6 is 15.9 Å². The summed E-state index contributed by atoms with van der Waals surface area (Å²) in [6.45, 7) is 4.23. The first-order chi connectivity index (χ1) is 8.77. The van der Waals surface area contributed by atoms with E-state index in [1.807, 2.05) is 0 Å². The first-order valence-corrected chi connectivity index (χ1v) is 7.10. The highest BCUT2D eigenvalue weighted by atomic mass is 79.9. The molecule has 0 unspecified atom stereocenters. The third-order valence-corrected chi connectivity index (χ3v) is 4.07. The Morgan fingerprint density at radius 1 is 1.17 bits per heavy atom. The fraction of sp³-hybridized carbons (Fsp3) is 0.571. The lowest BCUT2D eigenvalue weighted by Crippen LogP contribution is -2.57. The van der Waals surface area contributed by atoms with Crippen molar-refractivity contribution in [1.29, 1.82) is 0 Å². The molecule has 0 aliphatic carbocycles. The summed E-state index contributed by atoms with van der Waals surface area (Å²) in [5.41, 5.74) is 1.66. The lowest BCUT2D eigenvalue weighted by Gasteiger charge is -2.43. The van der Waals surface area contributed by atoms with Gasteiger partial charge in [0.25, 0.3) is 0 Å². The second kappa shape index (κ2) is 6.66. The molecule has 0 radical (unpaired) electrons. The van der Waals surface area contributed by atoms with E-state index in [4.69, 9.17) is 9.47 Å². The monoisotopic (exact) mass is 313 g/mol. The lowest BCUT2D eigenvalue weighted by molar-refractivity contribution is 0.0546. The summed E-state index contributed by atoms with van der Waals surface area (Å²) < 4.78 is 11.7. The van der Waals surface area contributed by atoms with Gasteiger partial charge < -0.3 is 14.8 Å². The zero-order chi connectivity index (χ0) is 12.8. The average molecular weight is 314 g/mol. The van der Waals surface area contributed by atoms with Gasteiger partial charge in [-0.3, -0.25) is 0 Å². The van der Waals surface area contributed by atoms with Crippen LogP contribution in [0.5, 0.6) is 0 Å². The lowest BCUT2D eigenvalue weighted by atomic mass is 9.73. The van der Waals surface area contributed by atoms with Gasteiger partial charge in [0.05, 0.1) is 13.2 Å². The molecule has 1 aromatic rings. The minimum absolute atomic E-state index is 0.258. The van der Waals surface area contributed by atoms with Gasteiger partial charge in [0, 0.05) is 36.7 Å². The second-order valence-corrected chi connectivity index (χ2v) is 5.66. The standard InChI is InChI=1S/C14H20BrNO2/c1-17-8-9-18-7-6-14(10-16-11-14)12-2-4-13(15)5-3-12/h2-5,16H,6-11H2,1H3. The fourth-order valence-corrected chi connectivity index (χ4v) is 2.53. The van der Waals surface area contributed by atoms with Gasteiger partial charge in [-0.15, -0.1) is 0 Å². The van der Waals surface area contributed by atoms with E-state index in [2.05, 4.69) is 45.5 Å². The average Bonchev–Trinajstić information content (AvgIpc) is 2.33. The molecule has 100 valence electrons. The highest BCUT2D eigenvalue weighted by molar-refractivity contribution is 9.10. The number of hydrogen-bond donors (Lipinski definition) is 1. The number of hydrogen-bond acceptors (Lipinski definition) is 3. The van der Waals surface area contributed by atoms with Gasteiger partial charge in [-0.2, -0.15) is 0 Å². The third kappa shape index (κ3) is 3.32. The molecule has 1 aliphatic heterocycles. The first kappa shape index (κ1) is 14.0. The maximum atomic E-state index is 5.59. The van der Waals surface area contributed by atoms with Crippen LogP contribution in [-0.4, -0.2) is 40.0 Å². The molecule has 1 heterocycles. The Labute approximate surface area is 117 Å². The highest BCUT2D eigenvalue weighted by Crippen LogP contribution is 2.32. The summed E-state index contributed by atoms with van der Waals surface area (Å²) in [6.07, 6.45) is 1.06. The second-order valence-electron chi connectivity index (χ2n) is 4.75. The number of rotatable bonds is 7. The van der Waals surface area contributed by atoms with E-state index in [1.54, 1.807) is 7.11 Å². The molecule has 3 nitrogen and oxygen atoms in total. The van der Waals surface area contributed by atoms with E-state index in [-0.39, 0.29) is 5.41 Å². The van der Waals surface area contributed by atoms with Gasteiger partial charge in [0.15, 0.2) is 0 Å². The van der Waals surface area contributed by atoms with Gasteiger partial charge in [0.2, 0.25) is 0 Å². The normalized spacial score (nSPS) is 17.4. The molecule has 1 N–H and O–H groups in total. The largest absolute Gasteiger partial charge is 0.382 e. The Kier molecular flexibility index (Phi) is 5.18. The molecule has 0 amide bonds. The summed E-state index contributed by atoms with van der Waals surface area (Å²) in [5, 5.41) is 3.38. The van der Waals surface area contributed by atoms with Crippen LogP contribution in [0.1, 0.15) is 12.0 Å². The fourth-order valence-electron chi connectivity index (χ4n) is 2.27. The molecule has 1 fully saturated rings. The Hall–Kier alpha value is -0.420. The van der Waals surface area contributed by atoms with Gasteiger partial charge in [-0.05, 0) is 24.1 Å². The summed E-state index contributed by atoms with van der Waals surface area (Å²) >= 11 is 3.48. The van der Waals surface area contributed by atoms with Crippen LogP contribution in [0.4, 0.5) is 0 Å². The molecule has 0 spiro atoms. The van der Waals surface area contributed by atoms with Gasteiger partial charge in [-0.25, -0.2) is 0 Å². The van der Waals surface area contributed by atoms with Crippen LogP contribution < -0.4 is 5.32 Å². The van der Waals surface area contributed by atoms with E-state index in [0.29, 0.717) is 13.2 Å². The number of halogens is 1. The summed E-state index contributed by atoms with van der Waals surface area (Å²) in [4.78, 5) is 0. The minimum atomic E-state index is 0.258. The van der Waals surface area contributed by atoms with Crippen LogP contribution in [0.25, 0.3) is 0 Å². The Morgan fingerprint density at radius 2 is 1.89 bits per heavy atom. The SMILES string of the molecule is COCCOCCC1(c2ccc(Br)cc2)CNC1. The Bertz CT molecular complexity index is 363. The quantitative estimate of drug-likeness (QED) is 0.784.